The number of nitrogens with one attached hydrogen (secondary N) is 2. The van der Waals surface area contributed by atoms with E-state index in [1.165, 1.54) is 0 Å². The summed E-state index contributed by atoms with van der Waals surface area (Å²) in [5.41, 5.74) is 5.42. The van der Waals surface area contributed by atoms with Crippen molar-refractivity contribution >= 4 is 28.9 Å². The zero-order valence-corrected chi connectivity index (χ0v) is 10.7. The van der Waals surface area contributed by atoms with Crippen molar-refractivity contribution in [3.8, 4) is 0 Å². The third-order valence-corrected chi connectivity index (χ3v) is 2.21. The first-order chi connectivity index (χ1) is 7.54. The molecule has 6 nitrogen and oxygen atoms in total. The Balaban J connectivity index is 4.17. The van der Waals surface area contributed by atoms with Crippen LogP contribution >= 0.6 is 12.2 Å². The number of nitrogens with two attached hydrogens (primary N) is 1. The lowest BCUT2D eigenvalue weighted by atomic mass is 10.2. The van der Waals surface area contributed by atoms with Crippen LogP contribution in [0.1, 0.15) is 27.2 Å². The molecular weight excluding hydrogens is 226 g/mol. The van der Waals surface area contributed by atoms with Crippen LogP contribution in [0.3, 0.4) is 0 Å². The molecule has 0 radical (unpaired) electrons. The number of amides is 1. The Morgan fingerprint density at radius 2 is 2.00 bits per heavy atom. The maximum Gasteiger partial charge on any atom is 0.228 e. The molecule has 16 heavy (non-hydrogen) atoms. The fraction of sp³-hybridized carbons (Fsp3) is 0.667. The maximum atomic E-state index is 11.7. The second-order valence-electron chi connectivity index (χ2n) is 3.18. The van der Waals surface area contributed by atoms with Crippen molar-refractivity contribution in [2.45, 2.75) is 27.2 Å². The second kappa shape index (κ2) is 8.00. The Morgan fingerprint density at radius 1 is 1.44 bits per heavy atom. The minimum Gasteiger partial charge on any atom is -0.343 e. The van der Waals surface area contributed by atoms with Gasteiger partial charge < -0.3 is 4.90 Å². The molecule has 0 aliphatic carbocycles. The summed E-state index contributed by atoms with van der Waals surface area (Å²) in [4.78, 5) is 13.4. The first kappa shape index (κ1) is 14.8. The molecule has 0 aromatic heterocycles. The fourth-order valence-corrected chi connectivity index (χ4v) is 1.17. The van der Waals surface area contributed by atoms with Crippen LogP contribution < -0.4 is 16.7 Å². The molecule has 1 amide bonds. The SMILES string of the molecule is CCN(CC)C(=O)C/C(C)=N/NC(=S)NN. The highest BCUT2D eigenvalue weighted by molar-refractivity contribution is 7.80. The molecule has 0 rings (SSSR count). The van der Waals surface area contributed by atoms with Gasteiger partial charge in [0.05, 0.1) is 6.42 Å². The van der Waals surface area contributed by atoms with Crippen LogP contribution in [0, 0.1) is 0 Å². The van der Waals surface area contributed by atoms with Gasteiger partial charge in [0.15, 0.2) is 0 Å². The van der Waals surface area contributed by atoms with Crippen molar-refractivity contribution < 1.29 is 4.79 Å². The first-order valence-corrected chi connectivity index (χ1v) is 5.53. The van der Waals surface area contributed by atoms with Crippen LogP contribution in [-0.2, 0) is 4.79 Å². The van der Waals surface area contributed by atoms with Gasteiger partial charge in [0.2, 0.25) is 11.0 Å². The Kier molecular flexibility index (Phi) is 7.40. The van der Waals surface area contributed by atoms with Gasteiger partial charge in [-0.1, -0.05) is 0 Å². The molecule has 0 aliphatic heterocycles. The molecule has 0 aromatic carbocycles. The topological polar surface area (TPSA) is 82.8 Å². The summed E-state index contributed by atoms with van der Waals surface area (Å²) in [6, 6.07) is 0. The smallest absolute Gasteiger partial charge is 0.228 e. The Bertz CT molecular complexity index is 275. The van der Waals surface area contributed by atoms with Crippen molar-refractivity contribution in [2.24, 2.45) is 10.9 Å². The molecule has 0 heterocycles. The molecule has 0 saturated carbocycles. The average molecular weight is 245 g/mol. The van der Waals surface area contributed by atoms with E-state index in [-0.39, 0.29) is 17.4 Å². The van der Waals surface area contributed by atoms with Gasteiger partial charge in [0, 0.05) is 18.8 Å². The average Bonchev–Trinajstić information content (AvgIpc) is 2.27. The van der Waals surface area contributed by atoms with E-state index in [0.29, 0.717) is 18.8 Å². The Labute approximate surface area is 101 Å². The highest BCUT2D eigenvalue weighted by Gasteiger charge is 2.10. The van der Waals surface area contributed by atoms with E-state index in [2.05, 4.69) is 16.0 Å². The van der Waals surface area contributed by atoms with Crippen LogP contribution in [0.25, 0.3) is 0 Å². The number of carbonyl (C=O) groups excluding carboxylic acids is 1. The Hall–Kier alpha value is -1.21. The number of hydrogen-bond acceptors (Lipinski definition) is 4. The molecule has 0 bridgehead atoms. The summed E-state index contributed by atoms with van der Waals surface area (Å²) < 4.78 is 0. The van der Waals surface area contributed by atoms with Gasteiger partial charge in [-0.25, -0.2) is 5.84 Å². The quantitative estimate of drug-likeness (QED) is 0.274. The van der Waals surface area contributed by atoms with E-state index >= 15 is 0 Å². The number of hydrazone groups is 1. The number of carbonyl (C=O) groups is 1. The Morgan fingerprint density at radius 3 is 2.44 bits per heavy atom. The number of rotatable bonds is 5. The molecule has 0 fully saturated rings. The molecular formula is C9H19N5OS. The zero-order chi connectivity index (χ0) is 12.6. The fourth-order valence-electron chi connectivity index (χ4n) is 1.12. The highest BCUT2D eigenvalue weighted by Crippen LogP contribution is 1.95. The van der Waals surface area contributed by atoms with Gasteiger partial charge in [0.25, 0.3) is 0 Å². The van der Waals surface area contributed by atoms with Crippen molar-refractivity contribution in [1.29, 1.82) is 0 Å². The monoisotopic (exact) mass is 245 g/mol. The number of hydrogen-bond donors (Lipinski definition) is 3. The van der Waals surface area contributed by atoms with Gasteiger partial charge in [-0.15, -0.1) is 0 Å². The van der Waals surface area contributed by atoms with E-state index in [1.54, 1.807) is 11.8 Å². The van der Waals surface area contributed by atoms with E-state index in [9.17, 15) is 4.79 Å². The van der Waals surface area contributed by atoms with E-state index in [0.717, 1.165) is 0 Å². The molecule has 0 saturated heterocycles. The molecule has 92 valence electrons. The normalized spacial score (nSPS) is 10.9. The molecule has 0 aliphatic rings. The summed E-state index contributed by atoms with van der Waals surface area (Å²) in [5.74, 6) is 5.11. The highest BCUT2D eigenvalue weighted by atomic mass is 32.1. The molecule has 4 N–H and O–H groups in total. The third-order valence-electron chi connectivity index (χ3n) is 2.00. The lowest BCUT2D eigenvalue weighted by Gasteiger charge is -2.18. The maximum absolute atomic E-state index is 11.7. The summed E-state index contributed by atoms with van der Waals surface area (Å²) in [6.07, 6.45) is 0.280. The molecule has 7 heteroatoms. The molecule has 0 unspecified atom stereocenters. The number of thiocarbonyl (C=S) groups is 1. The zero-order valence-electron chi connectivity index (χ0n) is 9.91. The minimum atomic E-state index is 0.0553. The van der Waals surface area contributed by atoms with Crippen LogP contribution in [0.4, 0.5) is 0 Å². The van der Waals surface area contributed by atoms with Crippen LogP contribution in [-0.4, -0.2) is 34.7 Å². The third kappa shape index (κ3) is 5.62. The first-order valence-electron chi connectivity index (χ1n) is 5.12. The second-order valence-corrected chi connectivity index (χ2v) is 3.58. The number of hydrazine groups is 1. The van der Waals surface area contributed by atoms with Gasteiger partial charge in [-0.2, -0.15) is 5.10 Å². The largest absolute Gasteiger partial charge is 0.343 e. The molecule has 0 aromatic rings. The van der Waals surface area contributed by atoms with E-state index < -0.39 is 0 Å². The molecule has 0 spiro atoms. The van der Waals surface area contributed by atoms with E-state index in [1.807, 2.05) is 13.8 Å². The van der Waals surface area contributed by atoms with Crippen LogP contribution in [0.5, 0.6) is 0 Å². The summed E-state index contributed by atoms with van der Waals surface area (Å²) in [7, 11) is 0. The van der Waals surface area contributed by atoms with Crippen LogP contribution in [0.2, 0.25) is 0 Å². The van der Waals surface area contributed by atoms with Crippen molar-refractivity contribution in [2.75, 3.05) is 13.1 Å². The van der Waals surface area contributed by atoms with Gasteiger partial charge in [-0.3, -0.25) is 15.6 Å². The minimum absolute atomic E-state index is 0.0553. The van der Waals surface area contributed by atoms with Crippen molar-refractivity contribution in [3.63, 3.8) is 0 Å². The predicted octanol–water partition coefficient (Wildman–Crippen LogP) is -0.0414. The van der Waals surface area contributed by atoms with Crippen molar-refractivity contribution in [1.82, 2.24) is 15.8 Å². The standard InChI is InChI=1S/C9H19N5OS/c1-4-14(5-2)8(15)6-7(3)12-13-9(16)11-10/h4-6,10H2,1-3H3,(H2,11,13,16)/b12-7+. The number of nitrogens with zero attached hydrogens (tertiary/aromatic N) is 2. The summed E-state index contributed by atoms with van der Waals surface area (Å²) in [6.45, 7) is 7.06. The van der Waals surface area contributed by atoms with Gasteiger partial charge in [-0.05, 0) is 33.0 Å². The van der Waals surface area contributed by atoms with Gasteiger partial charge in [0.1, 0.15) is 0 Å². The van der Waals surface area contributed by atoms with Crippen molar-refractivity contribution in [3.05, 3.63) is 0 Å². The summed E-state index contributed by atoms with van der Waals surface area (Å²) >= 11 is 4.73. The molecule has 0 atom stereocenters. The lowest BCUT2D eigenvalue weighted by molar-refractivity contribution is -0.129. The lowest BCUT2D eigenvalue weighted by Crippen LogP contribution is -2.37. The predicted molar refractivity (Wildman–Crippen MR) is 68.7 cm³/mol. The van der Waals surface area contributed by atoms with Crippen LogP contribution in [0.15, 0.2) is 5.10 Å². The van der Waals surface area contributed by atoms with E-state index in [4.69, 9.17) is 18.1 Å². The summed E-state index contributed by atoms with van der Waals surface area (Å²) in [5, 5.41) is 4.14. The van der Waals surface area contributed by atoms with Gasteiger partial charge >= 0.3 is 0 Å².